The lowest BCUT2D eigenvalue weighted by atomic mass is 9.85. The molecule has 0 bridgehead atoms. The van der Waals surface area contributed by atoms with Crippen molar-refractivity contribution in [2.45, 2.75) is 70.5 Å². The number of carbonyl (C=O) groups is 4. The van der Waals surface area contributed by atoms with E-state index in [1.54, 1.807) is 6.07 Å². The van der Waals surface area contributed by atoms with Gasteiger partial charge in [-0.3, -0.25) is 19.2 Å². The normalized spacial score (nSPS) is 24.5. The fourth-order valence-electron chi connectivity index (χ4n) is 4.16. The standard InChI is InChI=1S/C21H27F6N5O4/c1-19(2,3)14(31-18(36)21(25,26)27)17(35)32-9-11(20(22,23)24)7-13(32)16(34)30-12(8-28)6-10-4-5-29-15(10)33/h10-14H,4-7,9H2,1-3H3,(H,29,33)(H,30,34)(H,31,36)/t10-,11?,12-,13-,14+/m0/s1. The van der Waals surface area contributed by atoms with E-state index in [0.29, 0.717) is 17.9 Å². The van der Waals surface area contributed by atoms with Gasteiger partial charge in [0.2, 0.25) is 17.7 Å². The number of carbonyl (C=O) groups excluding carboxylic acids is 4. The highest BCUT2D eigenvalue weighted by Crippen LogP contribution is 2.38. The topological polar surface area (TPSA) is 131 Å². The Morgan fingerprint density at radius 3 is 2.19 bits per heavy atom. The summed E-state index contributed by atoms with van der Waals surface area (Å²) in [4.78, 5) is 49.9. The van der Waals surface area contributed by atoms with E-state index < -0.39 is 78.4 Å². The molecule has 3 N–H and O–H groups in total. The van der Waals surface area contributed by atoms with Crippen LogP contribution in [0.15, 0.2) is 0 Å². The van der Waals surface area contributed by atoms with Crippen molar-refractivity contribution in [3.05, 3.63) is 0 Å². The summed E-state index contributed by atoms with van der Waals surface area (Å²) in [6.45, 7) is 3.26. The van der Waals surface area contributed by atoms with Crippen LogP contribution in [0, 0.1) is 28.6 Å². The molecule has 9 nitrogen and oxygen atoms in total. The second kappa shape index (κ2) is 10.5. The van der Waals surface area contributed by atoms with Gasteiger partial charge in [-0.2, -0.15) is 31.6 Å². The summed E-state index contributed by atoms with van der Waals surface area (Å²) in [7, 11) is 0. The van der Waals surface area contributed by atoms with Crippen molar-refractivity contribution < 1.29 is 45.5 Å². The number of nitrogens with one attached hydrogen (secondary N) is 3. The van der Waals surface area contributed by atoms with E-state index in [0.717, 1.165) is 0 Å². The molecule has 202 valence electrons. The predicted octanol–water partition coefficient (Wildman–Crippen LogP) is 1.39. The molecular formula is C21H27F6N5O4. The summed E-state index contributed by atoms with van der Waals surface area (Å²) < 4.78 is 79.0. The van der Waals surface area contributed by atoms with Crippen molar-refractivity contribution in [2.75, 3.05) is 13.1 Å². The highest BCUT2D eigenvalue weighted by atomic mass is 19.4. The van der Waals surface area contributed by atoms with Gasteiger partial charge in [0.15, 0.2) is 0 Å². The summed E-state index contributed by atoms with van der Waals surface area (Å²) in [6.07, 6.45) is -10.8. The zero-order chi connectivity index (χ0) is 27.6. The Morgan fingerprint density at radius 1 is 1.14 bits per heavy atom. The lowest BCUT2D eigenvalue weighted by Gasteiger charge is -2.35. The molecule has 0 radical (unpaired) electrons. The number of likely N-dealkylation sites (tertiary alicyclic amines) is 1. The Labute approximate surface area is 202 Å². The first-order chi connectivity index (χ1) is 16.4. The summed E-state index contributed by atoms with van der Waals surface area (Å²) in [5, 5.41) is 15.7. The van der Waals surface area contributed by atoms with Gasteiger partial charge in [-0.25, -0.2) is 0 Å². The zero-order valence-electron chi connectivity index (χ0n) is 19.7. The third-order valence-corrected chi connectivity index (χ3v) is 6.15. The molecule has 2 rings (SSSR count). The van der Waals surface area contributed by atoms with Gasteiger partial charge in [0, 0.05) is 19.0 Å². The first kappa shape index (κ1) is 29.2. The molecule has 2 fully saturated rings. The van der Waals surface area contributed by atoms with E-state index in [2.05, 4.69) is 10.6 Å². The zero-order valence-corrected chi connectivity index (χ0v) is 19.7. The highest BCUT2D eigenvalue weighted by Gasteiger charge is 2.53. The van der Waals surface area contributed by atoms with Crippen LogP contribution < -0.4 is 16.0 Å². The molecule has 0 aromatic carbocycles. The molecule has 2 heterocycles. The van der Waals surface area contributed by atoms with Gasteiger partial charge in [-0.05, 0) is 24.7 Å². The molecule has 0 aromatic heterocycles. The van der Waals surface area contributed by atoms with Gasteiger partial charge in [-0.15, -0.1) is 0 Å². The third kappa shape index (κ3) is 7.01. The molecule has 2 aliphatic heterocycles. The number of nitriles is 1. The van der Waals surface area contributed by atoms with Gasteiger partial charge >= 0.3 is 18.3 Å². The van der Waals surface area contributed by atoms with Crippen LogP contribution in [0.3, 0.4) is 0 Å². The number of alkyl halides is 6. The molecule has 1 unspecified atom stereocenters. The lowest BCUT2D eigenvalue weighted by Crippen LogP contribution is -2.59. The van der Waals surface area contributed by atoms with Crippen LogP contribution in [0.2, 0.25) is 0 Å². The van der Waals surface area contributed by atoms with Crippen LogP contribution in [-0.2, 0) is 19.2 Å². The highest BCUT2D eigenvalue weighted by molar-refractivity contribution is 5.94. The van der Waals surface area contributed by atoms with E-state index in [-0.39, 0.29) is 12.3 Å². The average Bonchev–Trinajstić information content (AvgIpc) is 3.35. The van der Waals surface area contributed by atoms with Crippen LogP contribution in [0.5, 0.6) is 0 Å². The second-order valence-corrected chi connectivity index (χ2v) is 9.95. The molecule has 2 saturated heterocycles. The van der Waals surface area contributed by atoms with Gasteiger partial charge < -0.3 is 20.9 Å². The Kier molecular flexibility index (Phi) is 8.52. The first-order valence-corrected chi connectivity index (χ1v) is 11.1. The molecule has 0 aromatic rings. The molecule has 36 heavy (non-hydrogen) atoms. The molecule has 0 spiro atoms. The molecule has 15 heteroatoms. The third-order valence-electron chi connectivity index (χ3n) is 6.15. The largest absolute Gasteiger partial charge is 0.471 e. The number of hydrogen-bond acceptors (Lipinski definition) is 5. The van der Waals surface area contributed by atoms with Crippen LogP contribution in [0.4, 0.5) is 26.3 Å². The van der Waals surface area contributed by atoms with E-state index in [1.807, 2.05) is 0 Å². The van der Waals surface area contributed by atoms with Crippen LogP contribution in [-0.4, -0.2) is 72.1 Å². The Hall–Kier alpha value is -3.05. The fraction of sp³-hybridized carbons (Fsp3) is 0.762. The van der Waals surface area contributed by atoms with Crippen molar-refractivity contribution in [1.29, 1.82) is 5.26 Å². The minimum absolute atomic E-state index is 0.107. The quantitative estimate of drug-likeness (QED) is 0.450. The smallest absolute Gasteiger partial charge is 0.356 e. The van der Waals surface area contributed by atoms with Crippen molar-refractivity contribution >= 4 is 23.6 Å². The number of hydrogen-bond donors (Lipinski definition) is 3. The van der Waals surface area contributed by atoms with Crippen molar-refractivity contribution in [3.8, 4) is 6.07 Å². The molecule has 2 aliphatic rings. The van der Waals surface area contributed by atoms with E-state index in [9.17, 15) is 50.8 Å². The lowest BCUT2D eigenvalue weighted by molar-refractivity contribution is -0.176. The molecule has 5 atom stereocenters. The van der Waals surface area contributed by atoms with Gasteiger partial charge in [0.1, 0.15) is 18.1 Å². The number of amides is 4. The Balaban J connectivity index is 2.30. The second-order valence-electron chi connectivity index (χ2n) is 9.95. The predicted molar refractivity (Wildman–Crippen MR) is 110 cm³/mol. The van der Waals surface area contributed by atoms with E-state index in [4.69, 9.17) is 0 Å². The Morgan fingerprint density at radius 2 is 1.75 bits per heavy atom. The fourth-order valence-corrected chi connectivity index (χ4v) is 4.16. The summed E-state index contributed by atoms with van der Waals surface area (Å²) in [5.41, 5.74) is -1.36. The minimum atomic E-state index is -5.35. The SMILES string of the molecule is CC(C)(C)[C@H](NC(=O)C(F)(F)F)C(=O)N1CC(C(F)(F)F)C[C@H]1C(=O)N[C@H](C#N)C[C@@H]1CCNC1=O. The van der Waals surface area contributed by atoms with Crippen LogP contribution in [0.1, 0.15) is 40.0 Å². The number of halogens is 6. The molecule has 0 saturated carbocycles. The maximum absolute atomic E-state index is 13.5. The van der Waals surface area contributed by atoms with Gasteiger partial charge in [-0.1, -0.05) is 20.8 Å². The van der Waals surface area contributed by atoms with Crippen molar-refractivity contribution in [1.82, 2.24) is 20.9 Å². The van der Waals surface area contributed by atoms with E-state index >= 15 is 0 Å². The molecule has 4 amide bonds. The summed E-state index contributed by atoms with van der Waals surface area (Å²) in [5.74, 6) is -7.96. The number of rotatable bonds is 6. The first-order valence-electron chi connectivity index (χ1n) is 11.1. The monoisotopic (exact) mass is 527 g/mol. The maximum Gasteiger partial charge on any atom is 0.471 e. The summed E-state index contributed by atoms with van der Waals surface area (Å²) >= 11 is 0. The molecular weight excluding hydrogens is 500 g/mol. The van der Waals surface area contributed by atoms with Crippen LogP contribution in [0.25, 0.3) is 0 Å². The van der Waals surface area contributed by atoms with Gasteiger partial charge in [0.25, 0.3) is 0 Å². The number of nitrogens with zero attached hydrogens (tertiary/aromatic N) is 2. The minimum Gasteiger partial charge on any atom is -0.356 e. The van der Waals surface area contributed by atoms with Crippen molar-refractivity contribution in [2.24, 2.45) is 17.3 Å². The molecule has 0 aliphatic carbocycles. The maximum atomic E-state index is 13.5. The van der Waals surface area contributed by atoms with Crippen molar-refractivity contribution in [3.63, 3.8) is 0 Å². The summed E-state index contributed by atoms with van der Waals surface area (Å²) in [6, 6.07) is -3.15. The van der Waals surface area contributed by atoms with Gasteiger partial charge in [0.05, 0.1) is 12.0 Å². The van der Waals surface area contributed by atoms with E-state index in [1.165, 1.54) is 26.1 Å². The Bertz CT molecular complexity index is 924. The average molecular weight is 527 g/mol. The van der Waals surface area contributed by atoms with Crippen LogP contribution >= 0.6 is 0 Å².